The van der Waals surface area contributed by atoms with Crippen molar-refractivity contribution in [1.29, 1.82) is 5.26 Å². The van der Waals surface area contributed by atoms with Crippen LogP contribution in [0.1, 0.15) is 5.82 Å². The number of para-hydroxylation sites is 2. The summed E-state index contributed by atoms with van der Waals surface area (Å²) in [5, 5.41) is 33.2. The Labute approximate surface area is 167 Å². The summed E-state index contributed by atoms with van der Waals surface area (Å²) in [6.45, 7) is -0.760. The molecule has 0 unspecified atom stereocenters. The fourth-order valence-corrected chi connectivity index (χ4v) is 3.17. The Kier molecular flexibility index (Phi) is 5.00. The van der Waals surface area contributed by atoms with Crippen LogP contribution in [0.3, 0.4) is 0 Å². The maximum absolute atomic E-state index is 12.0. The van der Waals surface area contributed by atoms with Crippen molar-refractivity contribution in [3.8, 4) is 16.8 Å². The quantitative estimate of drug-likeness (QED) is 0.282. The highest BCUT2D eigenvalue weighted by Gasteiger charge is 2.16. The monoisotopic (exact) mass is 407 g/mol. The fraction of sp³-hybridized carbons (Fsp3) is 0.111. The SMILES string of the molecule is N#CC(=C(O)COC(=O)Cn1nnc(-c2cccs2)n1)c1nc2ccccc2[nH]1. The average molecular weight is 407 g/mol. The van der Waals surface area contributed by atoms with Gasteiger partial charge >= 0.3 is 5.97 Å². The van der Waals surface area contributed by atoms with Crippen LogP contribution in [0, 0.1) is 11.3 Å². The number of rotatable bonds is 6. The molecule has 0 saturated carbocycles. The van der Waals surface area contributed by atoms with Gasteiger partial charge in [-0.1, -0.05) is 18.2 Å². The summed E-state index contributed by atoms with van der Waals surface area (Å²) >= 11 is 1.45. The summed E-state index contributed by atoms with van der Waals surface area (Å²) in [6, 6.07) is 12.8. The number of ether oxygens (including phenoxy) is 1. The third-order valence-corrected chi connectivity index (χ3v) is 4.73. The lowest BCUT2D eigenvalue weighted by Gasteiger charge is -2.05. The number of fused-ring (bicyclic) bond motifs is 1. The molecule has 1 aromatic carbocycles. The van der Waals surface area contributed by atoms with Crippen molar-refractivity contribution in [2.45, 2.75) is 6.54 Å². The minimum atomic E-state index is -0.687. The summed E-state index contributed by atoms with van der Waals surface area (Å²) in [6.07, 6.45) is 0. The summed E-state index contributed by atoms with van der Waals surface area (Å²) in [5.74, 6) is -0.493. The maximum atomic E-state index is 12.0. The molecule has 0 amide bonds. The van der Waals surface area contributed by atoms with E-state index in [9.17, 15) is 15.2 Å². The Morgan fingerprint density at radius 2 is 2.17 bits per heavy atom. The molecule has 11 heteroatoms. The maximum Gasteiger partial charge on any atom is 0.330 e. The molecule has 2 N–H and O–H groups in total. The number of tetrazole rings is 1. The second-order valence-electron chi connectivity index (χ2n) is 5.82. The molecule has 4 rings (SSSR count). The van der Waals surface area contributed by atoms with Crippen LogP contribution in [0.5, 0.6) is 0 Å². The fourth-order valence-electron chi connectivity index (χ4n) is 2.52. The van der Waals surface area contributed by atoms with E-state index < -0.39 is 18.3 Å². The van der Waals surface area contributed by atoms with Crippen LogP contribution in [-0.2, 0) is 16.1 Å². The van der Waals surface area contributed by atoms with Crippen LogP contribution in [0.25, 0.3) is 27.3 Å². The van der Waals surface area contributed by atoms with E-state index >= 15 is 0 Å². The number of carbonyl (C=O) groups excluding carboxylic acids is 1. The third kappa shape index (κ3) is 3.97. The van der Waals surface area contributed by atoms with E-state index in [-0.39, 0.29) is 17.9 Å². The number of hydrogen-bond donors (Lipinski definition) is 2. The molecule has 0 fully saturated rings. The van der Waals surface area contributed by atoms with Crippen LogP contribution in [0.15, 0.2) is 47.5 Å². The zero-order chi connectivity index (χ0) is 20.2. The number of aliphatic hydroxyl groups excluding tert-OH is 1. The second kappa shape index (κ2) is 7.91. The number of carbonyl (C=O) groups is 1. The van der Waals surface area contributed by atoms with Gasteiger partial charge in [-0.15, -0.1) is 21.5 Å². The lowest BCUT2D eigenvalue weighted by atomic mass is 10.2. The molecular formula is C18H13N7O3S. The van der Waals surface area contributed by atoms with Gasteiger partial charge in [0.15, 0.2) is 18.1 Å². The summed E-state index contributed by atoms with van der Waals surface area (Å²) in [5.41, 5.74) is 1.27. The number of benzene rings is 1. The molecule has 0 saturated heterocycles. The molecule has 0 aliphatic rings. The molecule has 0 spiro atoms. The number of aromatic nitrogens is 6. The van der Waals surface area contributed by atoms with Crippen LogP contribution in [0.4, 0.5) is 0 Å². The van der Waals surface area contributed by atoms with Gasteiger partial charge in [-0.25, -0.2) is 9.78 Å². The molecule has 0 aliphatic heterocycles. The van der Waals surface area contributed by atoms with Crippen LogP contribution in [-0.4, -0.2) is 47.9 Å². The number of aliphatic hydroxyl groups is 1. The Balaban J connectivity index is 1.41. The first-order valence-electron chi connectivity index (χ1n) is 8.38. The topological polar surface area (TPSA) is 143 Å². The smallest absolute Gasteiger partial charge is 0.330 e. The number of imidazole rings is 1. The molecule has 144 valence electrons. The number of allylic oxidation sites excluding steroid dienone is 1. The van der Waals surface area contributed by atoms with E-state index in [2.05, 4.69) is 25.4 Å². The van der Waals surface area contributed by atoms with Gasteiger partial charge < -0.3 is 14.8 Å². The van der Waals surface area contributed by atoms with Gasteiger partial charge in [0.1, 0.15) is 18.2 Å². The molecule has 0 radical (unpaired) electrons. The highest BCUT2D eigenvalue weighted by atomic mass is 32.1. The minimum Gasteiger partial charge on any atom is -0.507 e. The first kappa shape index (κ1) is 18.3. The molecule has 0 bridgehead atoms. The van der Waals surface area contributed by atoms with E-state index in [4.69, 9.17) is 4.74 Å². The zero-order valence-corrected chi connectivity index (χ0v) is 15.6. The average Bonchev–Trinajstić information content (AvgIpc) is 3.46. The summed E-state index contributed by atoms with van der Waals surface area (Å²) in [7, 11) is 0. The van der Waals surface area contributed by atoms with Crippen molar-refractivity contribution in [2.24, 2.45) is 0 Å². The van der Waals surface area contributed by atoms with Crippen LogP contribution in [0.2, 0.25) is 0 Å². The molecule has 0 atom stereocenters. The number of thiophene rings is 1. The van der Waals surface area contributed by atoms with E-state index in [1.54, 1.807) is 12.1 Å². The number of nitrogens with zero attached hydrogens (tertiary/aromatic N) is 6. The van der Waals surface area contributed by atoms with E-state index in [1.165, 1.54) is 11.3 Å². The number of H-pyrrole nitrogens is 1. The number of aromatic amines is 1. The molecule has 0 aliphatic carbocycles. The van der Waals surface area contributed by atoms with Crippen molar-refractivity contribution < 1.29 is 14.6 Å². The standard InChI is InChI=1S/C18H13N7O3S/c19-8-11(17-20-12-4-1-2-5-13(12)21-17)14(26)10-28-16(27)9-25-23-18(22-24-25)15-6-3-7-29-15/h1-7,26H,9-10H2,(H,20,21). The van der Waals surface area contributed by atoms with Gasteiger partial charge in [0.2, 0.25) is 5.82 Å². The number of esters is 1. The van der Waals surface area contributed by atoms with Crippen LogP contribution >= 0.6 is 11.3 Å². The number of nitrogens with one attached hydrogen (secondary N) is 1. The van der Waals surface area contributed by atoms with Gasteiger partial charge in [0.05, 0.1) is 15.9 Å². The molecule has 4 aromatic rings. The predicted molar refractivity (Wildman–Crippen MR) is 103 cm³/mol. The Morgan fingerprint density at radius 3 is 2.93 bits per heavy atom. The molecule has 3 aromatic heterocycles. The van der Waals surface area contributed by atoms with Gasteiger partial charge in [-0.2, -0.15) is 10.1 Å². The first-order chi connectivity index (χ1) is 14.1. The van der Waals surface area contributed by atoms with E-state index in [0.717, 1.165) is 15.2 Å². The molecule has 3 heterocycles. The van der Waals surface area contributed by atoms with Gasteiger partial charge in [-0.3, -0.25) is 0 Å². The zero-order valence-electron chi connectivity index (χ0n) is 14.8. The van der Waals surface area contributed by atoms with Crippen molar-refractivity contribution in [3.05, 3.63) is 53.4 Å². The van der Waals surface area contributed by atoms with E-state index in [1.807, 2.05) is 35.7 Å². The molecular weight excluding hydrogens is 394 g/mol. The highest BCUT2D eigenvalue weighted by Crippen LogP contribution is 2.20. The predicted octanol–water partition coefficient (Wildman–Crippen LogP) is 2.31. The first-order valence-corrected chi connectivity index (χ1v) is 9.26. The van der Waals surface area contributed by atoms with E-state index in [0.29, 0.717) is 11.3 Å². The minimum absolute atomic E-state index is 0.104. The normalized spacial score (nSPS) is 11.8. The largest absolute Gasteiger partial charge is 0.507 e. The number of nitriles is 1. The number of hydrogen-bond acceptors (Lipinski definition) is 9. The van der Waals surface area contributed by atoms with Crippen molar-refractivity contribution in [2.75, 3.05) is 6.61 Å². The Morgan fingerprint density at radius 1 is 1.31 bits per heavy atom. The summed E-state index contributed by atoms with van der Waals surface area (Å²) < 4.78 is 5.02. The second-order valence-corrected chi connectivity index (χ2v) is 6.77. The van der Waals surface area contributed by atoms with Crippen LogP contribution < -0.4 is 0 Å². The Hall–Kier alpha value is -4.04. The van der Waals surface area contributed by atoms with Crippen molar-refractivity contribution in [1.82, 2.24) is 30.2 Å². The highest BCUT2D eigenvalue weighted by molar-refractivity contribution is 7.13. The molecule has 29 heavy (non-hydrogen) atoms. The van der Waals surface area contributed by atoms with Crippen molar-refractivity contribution in [3.63, 3.8) is 0 Å². The lowest BCUT2D eigenvalue weighted by molar-refractivity contribution is -0.144. The summed E-state index contributed by atoms with van der Waals surface area (Å²) in [4.78, 5) is 21.1. The third-order valence-electron chi connectivity index (χ3n) is 3.86. The Bertz CT molecular complexity index is 1200. The van der Waals surface area contributed by atoms with Crippen molar-refractivity contribution >= 4 is 33.9 Å². The lowest BCUT2D eigenvalue weighted by Crippen LogP contribution is -2.17. The molecule has 10 nitrogen and oxygen atoms in total. The van der Waals surface area contributed by atoms with Gasteiger partial charge in [0, 0.05) is 0 Å². The van der Waals surface area contributed by atoms with Gasteiger partial charge in [-0.05, 0) is 28.8 Å². The van der Waals surface area contributed by atoms with Gasteiger partial charge in [0.25, 0.3) is 0 Å².